The molecule has 0 bridgehead atoms. The van der Waals surface area contributed by atoms with Gasteiger partial charge < -0.3 is 10.5 Å². The van der Waals surface area contributed by atoms with E-state index in [4.69, 9.17) is 10.5 Å². The molecule has 0 saturated heterocycles. The summed E-state index contributed by atoms with van der Waals surface area (Å²) in [7, 11) is 0. The van der Waals surface area contributed by atoms with Crippen molar-refractivity contribution in [1.82, 2.24) is 0 Å². The number of esters is 1. The first-order valence-electron chi connectivity index (χ1n) is 4.18. The molecular weight excluding hydrogens is 166 g/mol. The van der Waals surface area contributed by atoms with Crippen LogP contribution in [0.2, 0.25) is 0 Å². The van der Waals surface area contributed by atoms with Crippen LogP contribution in [0.4, 0.5) is 5.69 Å². The van der Waals surface area contributed by atoms with Gasteiger partial charge in [-0.3, -0.25) is 0 Å². The predicted molar refractivity (Wildman–Crippen MR) is 51.5 cm³/mol. The maximum atomic E-state index is 11.2. The molecule has 0 aromatic heterocycles. The van der Waals surface area contributed by atoms with E-state index < -0.39 is 0 Å². The van der Waals surface area contributed by atoms with Crippen LogP contribution < -0.4 is 5.73 Å². The number of carbonyl (C=O) groups is 1. The molecule has 0 fully saturated rings. The number of rotatable bonds is 2. The Bertz CT molecular complexity index is 321. The molecule has 0 aliphatic carbocycles. The van der Waals surface area contributed by atoms with Crippen LogP contribution in [-0.2, 0) is 4.74 Å². The molecule has 0 radical (unpaired) electrons. The van der Waals surface area contributed by atoms with Gasteiger partial charge >= 0.3 is 5.97 Å². The lowest BCUT2D eigenvalue weighted by molar-refractivity contribution is 0.0526. The quantitative estimate of drug-likeness (QED) is 0.556. The third kappa shape index (κ3) is 2.21. The average Bonchev–Trinajstić information content (AvgIpc) is 2.10. The molecule has 0 aliphatic heterocycles. The number of benzene rings is 1. The highest BCUT2D eigenvalue weighted by Gasteiger charge is 2.06. The van der Waals surface area contributed by atoms with Crippen molar-refractivity contribution in [3.05, 3.63) is 29.3 Å². The van der Waals surface area contributed by atoms with Gasteiger partial charge in [-0.05, 0) is 31.5 Å². The highest BCUT2D eigenvalue weighted by Crippen LogP contribution is 2.13. The summed E-state index contributed by atoms with van der Waals surface area (Å²) in [4.78, 5) is 11.2. The van der Waals surface area contributed by atoms with Gasteiger partial charge in [0.15, 0.2) is 0 Å². The van der Waals surface area contributed by atoms with Crippen LogP contribution in [0, 0.1) is 6.92 Å². The molecule has 13 heavy (non-hydrogen) atoms. The van der Waals surface area contributed by atoms with E-state index in [0.29, 0.717) is 17.9 Å². The van der Waals surface area contributed by atoms with Crippen molar-refractivity contribution in [3.8, 4) is 0 Å². The first kappa shape index (κ1) is 9.58. The topological polar surface area (TPSA) is 52.3 Å². The van der Waals surface area contributed by atoms with Gasteiger partial charge in [-0.25, -0.2) is 4.79 Å². The molecule has 0 saturated carbocycles. The van der Waals surface area contributed by atoms with Crippen molar-refractivity contribution >= 4 is 11.7 Å². The molecule has 0 spiro atoms. The van der Waals surface area contributed by atoms with Crippen molar-refractivity contribution in [2.45, 2.75) is 13.8 Å². The number of hydrogen-bond acceptors (Lipinski definition) is 3. The first-order valence-corrected chi connectivity index (χ1v) is 4.18. The Morgan fingerprint density at radius 1 is 1.54 bits per heavy atom. The minimum Gasteiger partial charge on any atom is -0.462 e. The van der Waals surface area contributed by atoms with Crippen molar-refractivity contribution in [1.29, 1.82) is 0 Å². The molecule has 0 atom stereocenters. The average molecular weight is 179 g/mol. The molecule has 3 nitrogen and oxygen atoms in total. The van der Waals surface area contributed by atoms with E-state index in [9.17, 15) is 4.79 Å². The number of anilines is 1. The molecule has 0 aliphatic rings. The van der Waals surface area contributed by atoms with Crippen LogP contribution in [-0.4, -0.2) is 12.6 Å². The highest BCUT2D eigenvalue weighted by molar-refractivity contribution is 5.90. The van der Waals surface area contributed by atoms with E-state index in [1.54, 1.807) is 19.1 Å². The largest absolute Gasteiger partial charge is 0.462 e. The molecule has 2 N–H and O–H groups in total. The van der Waals surface area contributed by atoms with Crippen molar-refractivity contribution in [2.75, 3.05) is 12.3 Å². The van der Waals surface area contributed by atoms with Crippen LogP contribution in [0.5, 0.6) is 0 Å². The number of ether oxygens (including phenoxy) is 1. The molecule has 1 aromatic carbocycles. The minimum atomic E-state index is -0.325. The van der Waals surface area contributed by atoms with Crippen LogP contribution in [0.1, 0.15) is 22.8 Å². The monoisotopic (exact) mass is 179 g/mol. The summed E-state index contributed by atoms with van der Waals surface area (Å²) in [6.07, 6.45) is 0. The second-order valence-electron chi connectivity index (χ2n) is 2.79. The van der Waals surface area contributed by atoms with Gasteiger partial charge in [-0.1, -0.05) is 6.07 Å². The Kier molecular flexibility index (Phi) is 2.90. The van der Waals surface area contributed by atoms with Crippen LogP contribution >= 0.6 is 0 Å². The van der Waals surface area contributed by atoms with Gasteiger partial charge in [-0.15, -0.1) is 0 Å². The molecule has 3 heteroatoms. The maximum Gasteiger partial charge on any atom is 0.338 e. The van der Waals surface area contributed by atoms with E-state index in [-0.39, 0.29) is 5.97 Å². The van der Waals surface area contributed by atoms with E-state index >= 15 is 0 Å². The first-order chi connectivity index (χ1) is 6.15. The second-order valence-corrected chi connectivity index (χ2v) is 2.79. The maximum absolute atomic E-state index is 11.2. The lowest BCUT2D eigenvalue weighted by atomic mass is 10.1. The van der Waals surface area contributed by atoms with Crippen LogP contribution in [0.3, 0.4) is 0 Å². The highest BCUT2D eigenvalue weighted by atomic mass is 16.5. The molecule has 0 unspecified atom stereocenters. The van der Waals surface area contributed by atoms with Gasteiger partial charge in [0.2, 0.25) is 0 Å². The molecule has 70 valence electrons. The molecule has 0 heterocycles. The minimum absolute atomic E-state index is 0.325. The van der Waals surface area contributed by atoms with E-state index in [2.05, 4.69) is 0 Å². The fourth-order valence-corrected chi connectivity index (χ4v) is 0.982. The third-order valence-electron chi connectivity index (χ3n) is 1.79. The number of hydrogen-bond donors (Lipinski definition) is 1. The number of nitrogen functional groups attached to an aromatic ring is 1. The number of carbonyl (C=O) groups excluding carboxylic acids is 1. The summed E-state index contributed by atoms with van der Waals surface area (Å²) in [5.74, 6) is -0.325. The molecule has 1 rings (SSSR count). The molecular formula is C10H13NO2. The Hall–Kier alpha value is -1.51. The zero-order chi connectivity index (χ0) is 9.84. The van der Waals surface area contributed by atoms with Crippen molar-refractivity contribution in [3.63, 3.8) is 0 Å². The third-order valence-corrected chi connectivity index (χ3v) is 1.79. The van der Waals surface area contributed by atoms with Crippen LogP contribution in [0.15, 0.2) is 18.2 Å². The van der Waals surface area contributed by atoms with E-state index in [1.165, 1.54) is 0 Å². The van der Waals surface area contributed by atoms with Gasteiger partial charge in [0.25, 0.3) is 0 Å². The Morgan fingerprint density at radius 3 is 2.77 bits per heavy atom. The second kappa shape index (κ2) is 3.94. The van der Waals surface area contributed by atoms with Crippen molar-refractivity contribution in [2.24, 2.45) is 0 Å². The molecule has 0 amide bonds. The van der Waals surface area contributed by atoms with Gasteiger partial charge in [0.1, 0.15) is 0 Å². The smallest absolute Gasteiger partial charge is 0.338 e. The summed E-state index contributed by atoms with van der Waals surface area (Å²) in [6, 6.07) is 5.15. The fourth-order valence-electron chi connectivity index (χ4n) is 0.982. The predicted octanol–water partition coefficient (Wildman–Crippen LogP) is 1.75. The summed E-state index contributed by atoms with van der Waals surface area (Å²) in [6.45, 7) is 4.05. The van der Waals surface area contributed by atoms with Gasteiger partial charge in [-0.2, -0.15) is 0 Å². The number of aryl methyl sites for hydroxylation is 1. The van der Waals surface area contributed by atoms with E-state index in [1.807, 2.05) is 13.0 Å². The number of nitrogens with two attached hydrogens (primary N) is 1. The zero-order valence-electron chi connectivity index (χ0n) is 7.83. The SMILES string of the molecule is CCOC(=O)c1ccc(C)c(N)c1. The summed E-state index contributed by atoms with van der Waals surface area (Å²) < 4.78 is 4.83. The summed E-state index contributed by atoms with van der Waals surface area (Å²) >= 11 is 0. The lowest BCUT2D eigenvalue weighted by Crippen LogP contribution is -2.05. The fraction of sp³-hybridized carbons (Fsp3) is 0.300. The lowest BCUT2D eigenvalue weighted by Gasteiger charge is -2.04. The van der Waals surface area contributed by atoms with Gasteiger partial charge in [0, 0.05) is 5.69 Å². The zero-order valence-corrected chi connectivity index (χ0v) is 7.83. The summed E-state index contributed by atoms with van der Waals surface area (Å²) in [5.41, 5.74) is 7.73. The summed E-state index contributed by atoms with van der Waals surface area (Å²) in [5, 5.41) is 0. The Balaban J connectivity index is 2.90. The normalized spacial score (nSPS) is 9.69. The van der Waals surface area contributed by atoms with Gasteiger partial charge in [0.05, 0.1) is 12.2 Å². The van der Waals surface area contributed by atoms with Crippen LogP contribution in [0.25, 0.3) is 0 Å². The standard InChI is InChI=1S/C10H13NO2/c1-3-13-10(12)8-5-4-7(2)9(11)6-8/h4-6H,3,11H2,1-2H3. The Labute approximate surface area is 77.5 Å². The van der Waals surface area contributed by atoms with E-state index in [0.717, 1.165) is 5.56 Å². The van der Waals surface area contributed by atoms with Crippen molar-refractivity contribution < 1.29 is 9.53 Å². The Morgan fingerprint density at radius 2 is 2.23 bits per heavy atom. The molecule has 1 aromatic rings.